The van der Waals surface area contributed by atoms with E-state index >= 15 is 0 Å². The van der Waals surface area contributed by atoms with E-state index in [0.29, 0.717) is 0 Å². The third-order valence-electron chi connectivity index (χ3n) is 2.55. The maximum Gasteiger partial charge on any atom is 0.112 e. The van der Waals surface area contributed by atoms with Crippen molar-refractivity contribution in [3.63, 3.8) is 0 Å². The first-order valence-electron chi connectivity index (χ1n) is 5.42. The number of aryl methyl sites for hydroxylation is 2. The van der Waals surface area contributed by atoms with E-state index < -0.39 is 0 Å². The number of aromatic nitrogens is 1. The van der Waals surface area contributed by atoms with Crippen molar-refractivity contribution in [2.45, 2.75) is 20.4 Å². The molecule has 0 spiro atoms. The van der Waals surface area contributed by atoms with Crippen LogP contribution in [0.15, 0.2) is 24.3 Å². The average molecular weight is 242 g/mol. The molecule has 3 heteroatoms. The van der Waals surface area contributed by atoms with Gasteiger partial charge in [-0.2, -0.15) is 0 Å². The Bertz CT molecular complexity index is 544. The van der Waals surface area contributed by atoms with Crippen molar-refractivity contribution in [2.24, 2.45) is 0 Å². The molecule has 86 valence electrons. The molecule has 0 amide bonds. The number of anilines is 1. The monoisotopic (exact) mass is 242 g/mol. The quantitative estimate of drug-likeness (QED) is 0.835. The summed E-state index contributed by atoms with van der Waals surface area (Å²) in [7, 11) is 0. The Balaban J connectivity index is 2.05. The molecule has 0 unspecified atom stereocenters. The fraction of sp³-hybridized carbons (Fsp3) is 0.214. The van der Waals surface area contributed by atoms with E-state index in [2.05, 4.69) is 23.1 Å². The first-order valence-corrected chi connectivity index (χ1v) is 6.24. The second kappa shape index (κ2) is 5.03. The molecule has 0 atom stereocenters. The second-order valence-corrected chi connectivity index (χ2v) is 5.12. The lowest BCUT2D eigenvalue weighted by atomic mass is 10.2. The molecule has 2 rings (SSSR count). The van der Waals surface area contributed by atoms with Crippen LogP contribution in [0.1, 0.15) is 21.1 Å². The fourth-order valence-corrected chi connectivity index (χ4v) is 2.39. The van der Waals surface area contributed by atoms with Crippen LogP contribution in [0.25, 0.3) is 0 Å². The molecule has 0 aliphatic rings. The number of hydrogen-bond acceptors (Lipinski definition) is 3. The van der Waals surface area contributed by atoms with Gasteiger partial charge < -0.3 is 5.32 Å². The summed E-state index contributed by atoms with van der Waals surface area (Å²) < 4.78 is 0. The Morgan fingerprint density at radius 1 is 1.41 bits per heavy atom. The van der Waals surface area contributed by atoms with Gasteiger partial charge in [-0.3, -0.25) is 0 Å². The SMILES string of the molecule is C#Cc1cccc(NCc2nc(C)c(C)s2)c1. The van der Waals surface area contributed by atoms with E-state index in [4.69, 9.17) is 6.42 Å². The fourth-order valence-electron chi connectivity index (χ4n) is 1.51. The van der Waals surface area contributed by atoms with Crippen LogP contribution in [0.2, 0.25) is 0 Å². The minimum absolute atomic E-state index is 0.743. The summed E-state index contributed by atoms with van der Waals surface area (Å²) in [4.78, 5) is 5.76. The smallest absolute Gasteiger partial charge is 0.112 e. The van der Waals surface area contributed by atoms with Crippen molar-refractivity contribution < 1.29 is 0 Å². The molecule has 0 bridgehead atoms. The number of benzene rings is 1. The average Bonchev–Trinajstić information content (AvgIpc) is 2.67. The van der Waals surface area contributed by atoms with Crippen LogP contribution in [0.4, 0.5) is 5.69 Å². The molecule has 0 radical (unpaired) electrons. The molecule has 17 heavy (non-hydrogen) atoms. The highest BCUT2D eigenvalue weighted by Crippen LogP contribution is 2.18. The molecule has 0 saturated heterocycles. The van der Waals surface area contributed by atoms with Crippen LogP contribution in [0.5, 0.6) is 0 Å². The Morgan fingerprint density at radius 2 is 2.24 bits per heavy atom. The highest BCUT2D eigenvalue weighted by Gasteiger charge is 2.03. The Morgan fingerprint density at radius 3 is 2.88 bits per heavy atom. The summed E-state index contributed by atoms with van der Waals surface area (Å²) >= 11 is 1.73. The zero-order valence-corrected chi connectivity index (χ0v) is 10.8. The maximum atomic E-state index is 5.36. The number of nitrogens with zero attached hydrogens (tertiary/aromatic N) is 1. The van der Waals surface area contributed by atoms with Crippen LogP contribution in [0, 0.1) is 26.2 Å². The number of hydrogen-bond donors (Lipinski definition) is 1. The third kappa shape index (κ3) is 2.86. The molecule has 0 saturated carbocycles. The normalized spacial score (nSPS) is 9.94. The molecule has 2 aromatic rings. The molecule has 1 N–H and O–H groups in total. The summed E-state index contributed by atoms with van der Waals surface area (Å²) in [6.45, 7) is 4.87. The van der Waals surface area contributed by atoms with Gasteiger partial charge >= 0.3 is 0 Å². The molecule has 1 heterocycles. The lowest BCUT2D eigenvalue weighted by Crippen LogP contribution is -1.98. The van der Waals surface area contributed by atoms with Gasteiger partial charge in [-0.15, -0.1) is 17.8 Å². The van der Waals surface area contributed by atoms with Crippen LogP contribution in [-0.4, -0.2) is 4.98 Å². The van der Waals surface area contributed by atoms with Crippen LogP contribution < -0.4 is 5.32 Å². The molecule has 0 aliphatic carbocycles. The van der Waals surface area contributed by atoms with E-state index in [9.17, 15) is 0 Å². The molecule has 0 aliphatic heterocycles. The highest BCUT2D eigenvalue weighted by molar-refractivity contribution is 7.11. The number of terminal acetylenes is 1. The van der Waals surface area contributed by atoms with Crippen molar-refractivity contribution in [2.75, 3.05) is 5.32 Å². The molecule has 1 aromatic carbocycles. The first-order chi connectivity index (χ1) is 8.19. The molecule has 1 aromatic heterocycles. The van der Waals surface area contributed by atoms with E-state index in [0.717, 1.165) is 28.5 Å². The van der Waals surface area contributed by atoms with Gasteiger partial charge in [0, 0.05) is 16.1 Å². The van der Waals surface area contributed by atoms with Gasteiger partial charge in [-0.25, -0.2) is 4.98 Å². The van der Waals surface area contributed by atoms with E-state index in [1.807, 2.05) is 31.2 Å². The summed E-state index contributed by atoms with van der Waals surface area (Å²) in [5.41, 5.74) is 3.04. The summed E-state index contributed by atoms with van der Waals surface area (Å²) in [6, 6.07) is 7.85. The Kier molecular flexibility index (Phi) is 3.46. The maximum absolute atomic E-state index is 5.36. The van der Waals surface area contributed by atoms with Gasteiger partial charge in [0.25, 0.3) is 0 Å². The lowest BCUT2D eigenvalue weighted by Gasteiger charge is -2.04. The van der Waals surface area contributed by atoms with Gasteiger partial charge in [0.1, 0.15) is 5.01 Å². The van der Waals surface area contributed by atoms with Crippen molar-refractivity contribution in [3.05, 3.63) is 45.4 Å². The minimum Gasteiger partial charge on any atom is -0.378 e. The van der Waals surface area contributed by atoms with E-state index in [1.54, 1.807) is 11.3 Å². The minimum atomic E-state index is 0.743. The topological polar surface area (TPSA) is 24.9 Å². The molecular weight excluding hydrogens is 228 g/mol. The van der Waals surface area contributed by atoms with E-state index in [-0.39, 0.29) is 0 Å². The zero-order chi connectivity index (χ0) is 12.3. The predicted molar refractivity (Wildman–Crippen MR) is 73.3 cm³/mol. The van der Waals surface area contributed by atoms with Crippen LogP contribution >= 0.6 is 11.3 Å². The lowest BCUT2D eigenvalue weighted by molar-refractivity contribution is 1.07. The third-order valence-corrected chi connectivity index (χ3v) is 3.62. The molecular formula is C14H14N2S. The summed E-state index contributed by atoms with van der Waals surface area (Å²) in [5.74, 6) is 2.63. The molecule has 0 fully saturated rings. The zero-order valence-electron chi connectivity index (χ0n) is 9.95. The van der Waals surface area contributed by atoms with Crippen molar-refractivity contribution >= 4 is 17.0 Å². The van der Waals surface area contributed by atoms with Gasteiger partial charge in [-0.05, 0) is 32.0 Å². The van der Waals surface area contributed by atoms with Gasteiger partial charge in [0.2, 0.25) is 0 Å². The van der Waals surface area contributed by atoms with Crippen LogP contribution in [0.3, 0.4) is 0 Å². The van der Waals surface area contributed by atoms with Crippen molar-refractivity contribution in [3.8, 4) is 12.3 Å². The Labute approximate surface area is 106 Å². The number of rotatable bonds is 3. The Hall–Kier alpha value is -1.79. The van der Waals surface area contributed by atoms with Crippen molar-refractivity contribution in [1.82, 2.24) is 4.98 Å². The van der Waals surface area contributed by atoms with Crippen LogP contribution in [-0.2, 0) is 6.54 Å². The number of thiazole rings is 1. The highest BCUT2D eigenvalue weighted by atomic mass is 32.1. The number of nitrogens with one attached hydrogen (secondary N) is 1. The first kappa shape index (κ1) is 11.7. The van der Waals surface area contributed by atoms with Gasteiger partial charge in [0.15, 0.2) is 0 Å². The summed E-state index contributed by atoms with van der Waals surface area (Å²) in [6.07, 6.45) is 5.36. The van der Waals surface area contributed by atoms with Gasteiger partial charge in [-0.1, -0.05) is 12.0 Å². The predicted octanol–water partition coefficient (Wildman–Crippen LogP) is 3.35. The summed E-state index contributed by atoms with van der Waals surface area (Å²) in [5, 5.41) is 4.43. The van der Waals surface area contributed by atoms with E-state index in [1.165, 1.54) is 4.88 Å². The largest absolute Gasteiger partial charge is 0.378 e. The second-order valence-electron chi connectivity index (χ2n) is 3.83. The standard InChI is InChI=1S/C14H14N2S/c1-4-12-6-5-7-13(8-12)15-9-14-16-10(2)11(3)17-14/h1,5-8,15H,9H2,2-3H3. The molecule has 2 nitrogen and oxygen atoms in total. The van der Waals surface area contributed by atoms with Gasteiger partial charge in [0.05, 0.1) is 12.2 Å². The van der Waals surface area contributed by atoms with Crippen molar-refractivity contribution in [1.29, 1.82) is 0 Å².